The lowest BCUT2D eigenvalue weighted by Gasteiger charge is -2.54. The topological polar surface area (TPSA) is 158 Å². The van der Waals surface area contributed by atoms with E-state index in [2.05, 4.69) is 13.5 Å². The van der Waals surface area contributed by atoms with Crippen LogP contribution in [0.2, 0.25) is 0 Å². The van der Waals surface area contributed by atoms with Crippen LogP contribution < -0.4 is 5.73 Å². The van der Waals surface area contributed by atoms with Crippen LogP contribution in [0, 0.1) is 23.7 Å². The van der Waals surface area contributed by atoms with Gasteiger partial charge < -0.3 is 26.0 Å². The van der Waals surface area contributed by atoms with E-state index in [-0.39, 0.29) is 24.2 Å². The third-order valence-corrected chi connectivity index (χ3v) is 9.47. The number of rotatable bonds is 7. The van der Waals surface area contributed by atoms with E-state index in [9.17, 15) is 34.5 Å². The van der Waals surface area contributed by atoms with Crippen molar-refractivity contribution in [3.63, 3.8) is 0 Å². The van der Waals surface area contributed by atoms with E-state index in [4.69, 9.17) is 5.73 Å². The van der Waals surface area contributed by atoms with Gasteiger partial charge in [-0.2, -0.15) is 0 Å². The van der Waals surface area contributed by atoms with Crippen LogP contribution in [-0.2, 0) is 27.2 Å². The molecule has 42 heavy (non-hydrogen) atoms. The molecular formula is C33H38N2O7. The first-order valence-electron chi connectivity index (χ1n) is 14.4. The molecular weight excluding hydrogens is 536 g/mol. The third kappa shape index (κ3) is 4.51. The molecule has 9 heteroatoms. The second-order valence-electron chi connectivity index (χ2n) is 12.3. The number of carbonyl (C=O) groups excluding carboxylic acids is 4. The van der Waals surface area contributed by atoms with Crippen molar-refractivity contribution in [2.24, 2.45) is 29.4 Å². The Labute approximate surface area is 245 Å². The molecule has 2 aromatic rings. The van der Waals surface area contributed by atoms with Crippen molar-refractivity contribution >= 4 is 23.3 Å². The van der Waals surface area contributed by atoms with E-state index in [1.54, 1.807) is 25.1 Å². The first-order valence-corrected chi connectivity index (χ1v) is 14.4. The summed E-state index contributed by atoms with van der Waals surface area (Å²) in [5, 5.41) is 33.7. The quantitative estimate of drug-likeness (QED) is 0.290. The summed E-state index contributed by atoms with van der Waals surface area (Å²) in [4.78, 5) is 55.3. The Kier molecular flexibility index (Phi) is 7.72. The number of aliphatic hydroxyl groups is 2. The van der Waals surface area contributed by atoms with E-state index < -0.39 is 64.7 Å². The standard InChI is InChI=1S/C33H38N2O7/c1-5-7-16(2)12-17-8-6-9-18(13-17)20-10-11-23(36)25-21(20)14-19-15-22-27(35(3)4)29(38)26(32(34)41)31(40)33(22,42)30(39)24(19)28(25)37/h6,8-11,13,19,22,24,26-27,29,36,38,42H,2,5,7,12,14-15H2,1,3-4H3,(H2,34,41)/t19-,22-,24?,26?,27?,29?,33-/m1/s1. The Hall–Kier alpha value is -3.66. The summed E-state index contributed by atoms with van der Waals surface area (Å²) >= 11 is 0. The average molecular weight is 575 g/mol. The van der Waals surface area contributed by atoms with Gasteiger partial charge in [0.05, 0.1) is 17.6 Å². The zero-order chi connectivity index (χ0) is 30.7. The van der Waals surface area contributed by atoms with Gasteiger partial charge in [0.15, 0.2) is 23.0 Å². The average Bonchev–Trinajstić information content (AvgIpc) is 2.90. The van der Waals surface area contributed by atoms with Gasteiger partial charge in [0, 0.05) is 12.0 Å². The summed E-state index contributed by atoms with van der Waals surface area (Å²) in [6.07, 6.45) is 1.42. The number of hydrogen-bond donors (Lipinski definition) is 4. The fraction of sp³-hybridized carbons (Fsp3) is 0.455. The summed E-state index contributed by atoms with van der Waals surface area (Å²) in [5.41, 5.74) is 7.16. The van der Waals surface area contributed by atoms with Crippen molar-refractivity contribution in [3.05, 3.63) is 65.2 Å². The molecule has 0 bridgehead atoms. The minimum Gasteiger partial charge on any atom is -0.507 e. The van der Waals surface area contributed by atoms with E-state index in [0.29, 0.717) is 5.56 Å². The van der Waals surface area contributed by atoms with Gasteiger partial charge in [-0.15, -0.1) is 0 Å². The molecule has 5 rings (SSSR count). The Bertz CT molecular complexity index is 1500. The summed E-state index contributed by atoms with van der Waals surface area (Å²) in [5.74, 6) is -9.12. The lowest BCUT2D eigenvalue weighted by molar-refractivity contribution is -0.190. The highest BCUT2D eigenvalue weighted by molar-refractivity contribution is 6.25. The van der Waals surface area contributed by atoms with Crippen molar-refractivity contribution in [1.82, 2.24) is 4.90 Å². The van der Waals surface area contributed by atoms with Gasteiger partial charge in [-0.3, -0.25) is 19.2 Å². The van der Waals surface area contributed by atoms with Crippen molar-refractivity contribution in [2.45, 2.75) is 56.8 Å². The molecule has 3 aliphatic rings. The molecule has 9 nitrogen and oxygen atoms in total. The molecule has 0 heterocycles. The number of carbonyl (C=O) groups is 4. The number of fused-ring (bicyclic) bond motifs is 3. The van der Waals surface area contributed by atoms with Crippen LogP contribution >= 0.6 is 0 Å². The molecule has 5 N–H and O–H groups in total. The molecule has 0 spiro atoms. The molecule has 0 aliphatic heterocycles. The molecule has 2 aromatic carbocycles. The van der Waals surface area contributed by atoms with Crippen molar-refractivity contribution in [1.29, 1.82) is 0 Å². The van der Waals surface area contributed by atoms with E-state index >= 15 is 0 Å². The van der Waals surface area contributed by atoms with Crippen LogP contribution in [0.15, 0.2) is 48.6 Å². The number of nitrogens with zero attached hydrogens (tertiary/aromatic N) is 1. The summed E-state index contributed by atoms with van der Waals surface area (Å²) in [6, 6.07) is 10.2. The van der Waals surface area contributed by atoms with Crippen LogP contribution in [0.4, 0.5) is 0 Å². The predicted molar refractivity (Wildman–Crippen MR) is 156 cm³/mol. The number of ketones is 3. The van der Waals surface area contributed by atoms with Gasteiger partial charge >= 0.3 is 0 Å². The number of amides is 1. The number of benzene rings is 2. The number of phenolic OH excluding ortho intramolecular Hbond substituents is 1. The molecule has 4 unspecified atom stereocenters. The number of hydrogen-bond acceptors (Lipinski definition) is 8. The van der Waals surface area contributed by atoms with Gasteiger partial charge in [-0.25, -0.2) is 0 Å². The summed E-state index contributed by atoms with van der Waals surface area (Å²) < 4.78 is 0. The molecule has 0 radical (unpaired) electrons. The highest BCUT2D eigenvalue weighted by Crippen LogP contribution is 2.52. The van der Waals surface area contributed by atoms with E-state index in [0.717, 1.165) is 41.5 Å². The third-order valence-electron chi connectivity index (χ3n) is 9.47. The molecule has 2 saturated carbocycles. The van der Waals surface area contributed by atoms with Gasteiger partial charge in [-0.1, -0.05) is 55.8 Å². The fourth-order valence-corrected chi connectivity index (χ4v) is 7.67. The monoisotopic (exact) mass is 574 g/mol. The number of nitrogens with two attached hydrogens (primary N) is 1. The molecule has 0 aromatic heterocycles. The Morgan fingerprint density at radius 2 is 1.86 bits per heavy atom. The number of primary amides is 1. The molecule has 2 fully saturated rings. The minimum absolute atomic E-state index is 0.00356. The maximum Gasteiger partial charge on any atom is 0.230 e. The number of likely N-dealkylation sites (N-methyl/N-ethyl adjacent to an activating group) is 1. The zero-order valence-electron chi connectivity index (χ0n) is 24.2. The van der Waals surface area contributed by atoms with Gasteiger partial charge in [0.2, 0.25) is 5.91 Å². The molecule has 1 amide bonds. The van der Waals surface area contributed by atoms with Crippen LogP contribution in [0.25, 0.3) is 11.1 Å². The summed E-state index contributed by atoms with van der Waals surface area (Å²) in [6.45, 7) is 6.27. The highest BCUT2D eigenvalue weighted by Gasteiger charge is 2.69. The number of allylic oxidation sites excluding steroid dienone is 1. The van der Waals surface area contributed by atoms with Crippen LogP contribution in [0.5, 0.6) is 5.75 Å². The number of Topliss-reactive ketones (excluding diaryl/α,β-unsaturated/α-hetero) is 3. The number of phenols is 1. The lowest BCUT2D eigenvalue weighted by atomic mass is 9.52. The fourth-order valence-electron chi connectivity index (χ4n) is 7.67. The van der Waals surface area contributed by atoms with E-state index in [1.807, 2.05) is 24.3 Å². The van der Waals surface area contributed by atoms with Crippen molar-refractivity contribution < 1.29 is 34.5 Å². The van der Waals surface area contributed by atoms with Crippen molar-refractivity contribution in [2.75, 3.05) is 14.1 Å². The molecule has 222 valence electrons. The van der Waals surface area contributed by atoms with Crippen molar-refractivity contribution in [3.8, 4) is 16.9 Å². The Morgan fingerprint density at radius 1 is 1.14 bits per heavy atom. The highest BCUT2D eigenvalue weighted by atomic mass is 16.3. The predicted octanol–water partition coefficient (Wildman–Crippen LogP) is 2.22. The minimum atomic E-state index is -2.68. The van der Waals surface area contributed by atoms with Crippen LogP contribution in [-0.4, -0.2) is 75.3 Å². The second-order valence-corrected chi connectivity index (χ2v) is 12.3. The first kappa shape index (κ1) is 29.8. The SMILES string of the molecule is C=C(CCC)Cc1cccc(-c2ccc(O)c3c2C[C@@H]2C[C@@H]4C(N(C)C)C(O)C(C(N)=O)C(=O)[C@]4(O)C(=O)C2C3=O)c1. The largest absolute Gasteiger partial charge is 0.507 e. The molecule has 3 aliphatic carbocycles. The zero-order valence-corrected chi connectivity index (χ0v) is 24.2. The van der Waals surface area contributed by atoms with Crippen LogP contribution in [0.1, 0.15) is 47.7 Å². The first-order chi connectivity index (χ1) is 19.8. The van der Waals surface area contributed by atoms with Gasteiger partial charge in [0.25, 0.3) is 0 Å². The smallest absolute Gasteiger partial charge is 0.230 e. The molecule has 7 atom stereocenters. The Morgan fingerprint density at radius 3 is 2.50 bits per heavy atom. The molecule has 0 saturated heterocycles. The van der Waals surface area contributed by atoms with Crippen LogP contribution in [0.3, 0.4) is 0 Å². The summed E-state index contributed by atoms with van der Waals surface area (Å²) in [7, 11) is 3.25. The maximum atomic E-state index is 14.0. The number of aliphatic hydroxyl groups excluding tert-OH is 1. The second kappa shape index (κ2) is 10.9. The van der Waals surface area contributed by atoms with E-state index in [1.165, 1.54) is 6.07 Å². The Balaban J connectivity index is 1.59. The maximum absolute atomic E-state index is 14.0. The number of aromatic hydroxyl groups is 1. The lowest BCUT2D eigenvalue weighted by Crippen LogP contribution is -2.75. The normalized spacial score (nSPS) is 30.5. The van der Waals surface area contributed by atoms with Gasteiger partial charge in [0.1, 0.15) is 11.7 Å². The van der Waals surface area contributed by atoms with Gasteiger partial charge in [-0.05, 0) is 74.0 Å².